The van der Waals surface area contributed by atoms with Crippen LogP contribution in [0.15, 0.2) is 42.5 Å². The summed E-state index contributed by atoms with van der Waals surface area (Å²) in [7, 11) is 0. The number of likely N-dealkylation sites (tertiary alicyclic amines) is 1. The minimum absolute atomic E-state index is 0.0226. The number of carbonyl (C=O) groups excluding carboxylic acids is 1. The Balaban J connectivity index is 1.17. The lowest BCUT2D eigenvalue weighted by Gasteiger charge is -2.31. The lowest BCUT2D eigenvalue weighted by Crippen LogP contribution is -2.39. The maximum absolute atomic E-state index is 13.2. The second-order valence-corrected chi connectivity index (χ2v) is 9.85. The number of hydrogen-bond donors (Lipinski definition) is 2. The zero-order valence-corrected chi connectivity index (χ0v) is 21.2. The van der Waals surface area contributed by atoms with E-state index in [1.807, 2.05) is 37.3 Å². The Kier molecular flexibility index (Phi) is 7.55. The molecule has 0 atom stereocenters. The molecule has 8 nitrogen and oxygen atoms in total. The monoisotopic (exact) mass is 503 g/mol. The van der Waals surface area contributed by atoms with Crippen LogP contribution in [0.2, 0.25) is 0 Å². The first-order valence-electron chi connectivity index (χ1n) is 13.0. The average Bonchev–Trinajstić information content (AvgIpc) is 2.91. The number of ether oxygens (including phenoxy) is 2. The smallest absolute Gasteiger partial charge is 0.303 e. The molecule has 1 fully saturated rings. The number of nitrogens with one attached hydrogen (secondary N) is 1. The lowest BCUT2D eigenvalue weighted by molar-refractivity contribution is -0.137. The van der Waals surface area contributed by atoms with Crippen LogP contribution in [0.4, 0.5) is 5.69 Å². The zero-order valence-electron chi connectivity index (χ0n) is 21.2. The Morgan fingerprint density at radius 3 is 2.59 bits per heavy atom. The van der Waals surface area contributed by atoms with E-state index >= 15 is 0 Å². The highest BCUT2D eigenvalue weighted by Crippen LogP contribution is 2.31. The zero-order chi connectivity index (χ0) is 25.8. The van der Waals surface area contributed by atoms with E-state index in [4.69, 9.17) is 14.6 Å². The molecule has 2 aromatic carbocycles. The number of aliphatic carboxylic acids is 1. The van der Waals surface area contributed by atoms with Gasteiger partial charge < -0.3 is 24.8 Å². The number of carboxylic acids is 1. The molecule has 3 aromatic rings. The highest BCUT2D eigenvalue weighted by molar-refractivity contribution is 6.02. The average molecular weight is 504 g/mol. The standard InChI is InChI=1S/C29H33N3O5/c1-19-2-6-23-21(5-9-27(33)34)4-7-24(28(23)30-19)31-29(35)22-11-14-32(15-12-22)13-10-20-3-8-25-26(18-20)37-17-16-36-25/h2-4,6-8,18,22H,5,9-17H2,1H3,(H,31,35)(H,33,34). The normalized spacial score (nSPS) is 16.0. The molecule has 1 amide bonds. The highest BCUT2D eigenvalue weighted by atomic mass is 16.6. The Morgan fingerprint density at radius 1 is 1.03 bits per heavy atom. The number of nitrogens with zero attached hydrogens (tertiary/aromatic N) is 2. The summed E-state index contributed by atoms with van der Waals surface area (Å²) in [5, 5.41) is 13.1. The van der Waals surface area contributed by atoms with Crippen LogP contribution in [0.25, 0.3) is 10.9 Å². The maximum Gasteiger partial charge on any atom is 0.303 e. The molecule has 5 rings (SSSR count). The third-order valence-corrected chi connectivity index (χ3v) is 7.23. The van der Waals surface area contributed by atoms with Crippen LogP contribution in [0.3, 0.4) is 0 Å². The number of amides is 1. The number of benzene rings is 2. The van der Waals surface area contributed by atoms with Gasteiger partial charge in [0.05, 0.1) is 11.2 Å². The van der Waals surface area contributed by atoms with Gasteiger partial charge in [-0.1, -0.05) is 18.2 Å². The van der Waals surface area contributed by atoms with Gasteiger partial charge in [0.15, 0.2) is 11.5 Å². The van der Waals surface area contributed by atoms with Gasteiger partial charge in [-0.25, -0.2) is 0 Å². The predicted molar refractivity (Wildman–Crippen MR) is 141 cm³/mol. The van der Waals surface area contributed by atoms with Gasteiger partial charge in [0, 0.05) is 30.0 Å². The quantitative estimate of drug-likeness (QED) is 0.475. The number of carbonyl (C=O) groups is 2. The molecule has 0 aliphatic carbocycles. The first kappa shape index (κ1) is 25.0. The predicted octanol–water partition coefficient (Wildman–Crippen LogP) is 4.22. The van der Waals surface area contributed by atoms with E-state index in [2.05, 4.69) is 27.3 Å². The van der Waals surface area contributed by atoms with Gasteiger partial charge in [0.25, 0.3) is 0 Å². The summed E-state index contributed by atoms with van der Waals surface area (Å²) in [5.41, 5.74) is 4.40. The van der Waals surface area contributed by atoms with Gasteiger partial charge >= 0.3 is 5.97 Å². The number of fused-ring (bicyclic) bond motifs is 2. The molecule has 37 heavy (non-hydrogen) atoms. The molecule has 0 unspecified atom stereocenters. The number of hydrogen-bond acceptors (Lipinski definition) is 6. The molecule has 1 saturated heterocycles. The van der Waals surface area contributed by atoms with Crippen molar-refractivity contribution in [3.05, 3.63) is 59.3 Å². The number of aryl methyl sites for hydroxylation is 2. The fourth-order valence-corrected chi connectivity index (χ4v) is 5.12. The molecule has 0 bridgehead atoms. The minimum Gasteiger partial charge on any atom is -0.486 e. The van der Waals surface area contributed by atoms with Gasteiger partial charge in [-0.3, -0.25) is 14.6 Å². The number of anilines is 1. The van der Waals surface area contributed by atoms with E-state index in [0.717, 1.165) is 67.0 Å². The molecule has 2 aliphatic heterocycles. The SMILES string of the molecule is Cc1ccc2c(CCC(=O)O)ccc(NC(=O)C3CCN(CCc4ccc5c(c4)OCCO5)CC3)c2n1. The molecule has 3 heterocycles. The molecule has 0 saturated carbocycles. The molecule has 194 valence electrons. The van der Waals surface area contributed by atoms with Crippen molar-refractivity contribution in [1.29, 1.82) is 0 Å². The van der Waals surface area contributed by atoms with Gasteiger partial charge in [0.1, 0.15) is 13.2 Å². The number of aromatic nitrogens is 1. The number of carboxylic acid groups (broad SMARTS) is 1. The fraction of sp³-hybridized carbons (Fsp3) is 0.414. The maximum atomic E-state index is 13.2. The van der Waals surface area contributed by atoms with E-state index in [-0.39, 0.29) is 18.2 Å². The van der Waals surface area contributed by atoms with Crippen molar-refractivity contribution < 1.29 is 24.2 Å². The van der Waals surface area contributed by atoms with Crippen molar-refractivity contribution in [3.63, 3.8) is 0 Å². The van der Waals surface area contributed by atoms with Crippen molar-refractivity contribution in [2.75, 3.05) is 38.2 Å². The van der Waals surface area contributed by atoms with Crippen LogP contribution in [-0.2, 0) is 22.4 Å². The van der Waals surface area contributed by atoms with E-state index in [1.165, 1.54) is 5.56 Å². The Hall–Kier alpha value is -3.65. The van der Waals surface area contributed by atoms with E-state index in [1.54, 1.807) is 0 Å². The van der Waals surface area contributed by atoms with E-state index < -0.39 is 5.97 Å². The molecule has 1 aromatic heterocycles. The Labute approximate surface area is 216 Å². The van der Waals surface area contributed by atoms with Crippen LogP contribution in [0.1, 0.15) is 36.1 Å². The summed E-state index contributed by atoms with van der Waals surface area (Å²) in [6.07, 6.45) is 3.04. The summed E-state index contributed by atoms with van der Waals surface area (Å²) in [6, 6.07) is 13.8. The van der Waals surface area contributed by atoms with Crippen LogP contribution in [-0.4, -0.2) is 59.7 Å². The molecular weight excluding hydrogens is 470 g/mol. The fourth-order valence-electron chi connectivity index (χ4n) is 5.12. The van der Waals surface area contributed by atoms with Crippen molar-refractivity contribution in [2.45, 2.75) is 39.0 Å². The summed E-state index contributed by atoms with van der Waals surface area (Å²) in [6.45, 7) is 5.81. The first-order chi connectivity index (χ1) is 18.0. The third kappa shape index (κ3) is 6.02. The molecule has 0 spiro atoms. The number of rotatable bonds is 8. The molecule has 2 N–H and O–H groups in total. The number of piperidine rings is 1. The second kappa shape index (κ2) is 11.2. The Morgan fingerprint density at radius 2 is 1.81 bits per heavy atom. The topological polar surface area (TPSA) is 101 Å². The van der Waals surface area contributed by atoms with Crippen LogP contribution >= 0.6 is 0 Å². The van der Waals surface area contributed by atoms with Gasteiger partial charge in [-0.15, -0.1) is 0 Å². The van der Waals surface area contributed by atoms with Crippen molar-refractivity contribution in [1.82, 2.24) is 9.88 Å². The van der Waals surface area contributed by atoms with Gasteiger partial charge in [-0.2, -0.15) is 0 Å². The Bertz CT molecular complexity index is 1300. The van der Waals surface area contributed by atoms with Crippen molar-refractivity contribution >= 4 is 28.5 Å². The minimum atomic E-state index is -0.830. The van der Waals surface area contributed by atoms with Crippen LogP contribution in [0, 0.1) is 12.8 Å². The summed E-state index contributed by atoms with van der Waals surface area (Å²) < 4.78 is 11.3. The third-order valence-electron chi connectivity index (χ3n) is 7.23. The summed E-state index contributed by atoms with van der Waals surface area (Å²) >= 11 is 0. The molecular formula is C29H33N3O5. The molecule has 8 heteroatoms. The lowest BCUT2D eigenvalue weighted by atomic mass is 9.95. The van der Waals surface area contributed by atoms with Gasteiger partial charge in [-0.05, 0) is 81.1 Å². The summed E-state index contributed by atoms with van der Waals surface area (Å²) in [4.78, 5) is 31.3. The number of pyridine rings is 1. The molecule has 2 aliphatic rings. The largest absolute Gasteiger partial charge is 0.486 e. The molecule has 0 radical (unpaired) electrons. The second-order valence-electron chi connectivity index (χ2n) is 9.85. The summed E-state index contributed by atoms with van der Waals surface area (Å²) in [5.74, 6) is 0.788. The van der Waals surface area contributed by atoms with Gasteiger partial charge in [0.2, 0.25) is 5.91 Å². The van der Waals surface area contributed by atoms with Crippen molar-refractivity contribution in [3.8, 4) is 11.5 Å². The van der Waals surface area contributed by atoms with Crippen LogP contribution in [0.5, 0.6) is 11.5 Å². The highest BCUT2D eigenvalue weighted by Gasteiger charge is 2.25. The first-order valence-corrected chi connectivity index (χ1v) is 13.0. The van der Waals surface area contributed by atoms with E-state index in [0.29, 0.717) is 30.8 Å². The van der Waals surface area contributed by atoms with E-state index in [9.17, 15) is 9.59 Å². The van der Waals surface area contributed by atoms with Crippen LogP contribution < -0.4 is 14.8 Å². The van der Waals surface area contributed by atoms with Crippen molar-refractivity contribution in [2.24, 2.45) is 5.92 Å².